The second kappa shape index (κ2) is 3.77. The van der Waals surface area contributed by atoms with Crippen LogP contribution in [0.2, 0.25) is 0 Å². The van der Waals surface area contributed by atoms with Gasteiger partial charge in [-0.15, -0.1) is 0 Å². The molecule has 0 radical (unpaired) electrons. The lowest BCUT2D eigenvalue weighted by Crippen LogP contribution is -2.32. The molecule has 1 atom stereocenters. The van der Waals surface area contributed by atoms with E-state index in [0.717, 1.165) is 19.3 Å². The van der Waals surface area contributed by atoms with E-state index in [1.807, 2.05) is 13.0 Å². The zero-order chi connectivity index (χ0) is 9.90. The first-order valence-corrected chi connectivity index (χ1v) is 4.57. The second-order valence-electron chi connectivity index (χ2n) is 3.74. The molecular formula is C11H16O2. The van der Waals surface area contributed by atoms with Gasteiger partial charge >= 0.3 is 5.97 Å². The van der Waals surface area contributed by atoms with Crippen molar-refractivity contribution in [3.8, 4) is 0 Å². The highest BCUT2D eigenvalue weighted by Gasteiger charge is 2.29. The van der Waals surface area contributed by atoms with E-state index < -0.39 is 0 Å². The fourth-order valence-electron chi connectivity index (χ4n) is 1.74. The molecular weight excluding hydrogens is 164 g/mol. The Morgan fingerprint density at radius 3 is 3.00 bits per heavy atom. The summed E-state index contributed by atoms with van der Waals surface area (Å²) in [6.07, 6.45) is 6.64. The summed E-state index contributed by atoms with van der Waals surface area (Å²) in [5.41, 5.74) is 0.861. The predicted molar refractivity (Wildman–Crippen MR) is 52.3 cm³/mol. The molecule has 0 heterocycles. The highest BCUT2D eigenvalue weighted by Crippen LogP contribution is 2.31. The maximum Gasteiger partial charge on any atom is 0.303 e. The number of esters is 1. The van der Waals surface area contributed by atoms with E-state index in [4.69, 9.17) is 4.74 Å². The third-order valence-electron chi connectivity index (χ3n) is 2.31. The molecule has 0 aromatic rings. The first-order chi connectivity index (χ1) is 6.06. The fraction of sp³-hybridized carbons (Fsp3) is 0.545. The molecule has 1 rings (SSSR count). The summed E-state index contributed by atoms with van der Waals surface area (Å²) in [5.74, 6) is -0.201. The minimum atomic E-state index is -0.315. The lowest BCUT2D eigenvalue weighted by molar-refractivity contribution is -0.156. The molecule has 0 saturated heterocycles. The van der Waals surface area contributed by atoms with Crippen molar-refractivity contribution < 1.29 is 9.53 Å². The van der Waals surface area contributed by atoms with Crippen LogP contribution in [0.3, 0.4) is 0 Å². The topological polar surface area (TPSA) is 26.3 Å². The quantitative estimate of drug-likeness (QED) is 0.610. The molecule has 2 heteroatoms. The van der Waals surface area contributed by atoms with Crippen LogP contribution in [0.4, 0.5) is 0 Å². The van der Waals surface area contributed by atoms with E-state index in [1.54, 1.807) is 0 Å². The highest BCUT2D eigenvalue weighted by atomic mass is 16.6. The second-order valence-corrected chi connectivity index (χ2v) is 3.74. The van der Waals surface area contributed by atoms with Crippen molar-refractivity contribution in [1.29, 1.82) is 0 Å². The average Bonchev–Trinajstić information content (AvgIpc) is 2.02. The van der Waals surface area contributed by atoms with Crippen molar-refractivity contribution in [3.05, 3.63) is 24.3 Å². The average molecular weight is 180 g/mol. The molecule has 1 aliphatic rings. The van der Waals surface area contributed by atoms with Crippen molar-refractivity contribution in [2.24, 2.45) is 0 Å². The Kier molecular flexibility index (Phi) is 2.91. The van der Waals surface area contributed by atoms with Crippen molar-refractivity contribution in [1.82, 2.24) is 0 Å². The van der Waals surface area contributed by atoms with Gasteiger partial charge in [0.05, 0.1) is 0 Å². The molecule has 0 spiro atoms. The minimum Gasteiger partial charge on any atom is -0.459 e. The van der Waals surface area contributed by atoms with E-state index in [-0.39, 0.29) is 11.6 Å². The smallest absolute Gasteiger partial charge is 0.303 e. The zero-order valence-electron chi connectivity index (χ0n) is 8.30. The van der Waals surface area contributed by atoms with Crippen LogP contribution < -0.4 is 0 Å². The van der Waals surface area contributed by atoms with Gasteiger partial charge in [0.15, 0.2) is 0 Å². The number of carbonyl (C=O) groups is 1. The van der Waals surface area contributed by atoms with Crippen LogP contribution in [0.5, 0.6) is 0 Å². The number of hydrogen-bond donors (Lipinski definition) is 0. The van der Waals surface area contributed by atoms with Gasteiger partial charge in [0, 0.05) is 13.3 Å². The van der Waals surface area contributed by atoms with E-state index in [0.29, 0.717) is 0 Å². The summed E-state index contributed by atoms with van der Waals surface area (Å²) in [7, 11) is 0. The van der Waals surface area contributed by atoms with Crippen molar-refractivity contribution in [2.45, 2.75) is 38.7 Å². The van der Waals surface area contributed by atoms with Gasteiger partial charge in [-0.1, -0.05) is 18.7 Å². The molecule has 1 unspecified atom stereocenters. The summed E-state index contributed by atoms with van der Waals surface area (Å²) in [6, 6.07) is 0. The molecule has 0 amide bonds. The summed E-state index contributed by atoms with van der Waals surface area (Å²) in [4.78, 5) is 10.8. The van der Waals surface area contributed by atoms with Gasteiger partial charge in [0.2, 0.25) is 0 Å². The number of carbonyl (C=O) groups excluding carboxylic acids is 1. The minimum absolute atomic E-state index is 0.201. The van der Waals surface area contributed by atoms with Crippen molar-refractivity contribution >= 4 is 5.97 Å². The van der Waals surface area contributed by atoms with Crippen LogP contribution >= 0.6 is 0 Å². The van der Waals surface area contributed by atoms with Gasteiger partial charge in [-0.3, -0.25) is 4.79 Å². The summed E-state index contributed by atoms with van der Waals surface area (Å²) < 4.78 is 5.28. The molecule has 0 N–H and O–H groups in total. The van der Waals surface area contributed by atoms with Gasteiger partial charge in [0.1, 0.15) is 5.60 Å². The Hall–Kier alpha value is -1.05. The molecule has 0 fully saturated rings. The first-order valence-electron chi connectivity index (χ1n) is 4.57. The number of hydrogen-bond acceptors (Lipinski definition) is 2. The Labute approximate surface area is 79.3 Å². The van der Waals surface area contributed by atoms with Crippen LogP contribution in [0.25, 0.3) is 0 Å². The third kappa shape index (κ3) is 2.72. The summed E-state index contributed by atoms with van der Waals surface area (Å²) in [6.45, 7) is 7.15. The normalized spacial score (nSPS) is 27.7. The van der Waals surface area contributed by atoms with Gasteiger partial charge in [0.25, 0.3) is 0 Å². The number of allylic oxidation sites excluding steroid dienone is 2. The summed E-state index contributed by atoms with van der Waals surface area (Å²) in [5, 5.41) is 0. The molecule has 72 valence electrons. The molecule has 0 aliphatic heterocycles. The first kappa shape index (κ1) is 10.0. The van der Waals surface area contributed by atoms with Gasteiger partial charge in [-0.2, -0.15) is 0 Å². The van der Waals surface area contributed by atoms with Crippen molar-refractivity contribution in [3.63, 3.8) is 0 Å². The molecule has 0 aromatic heterocycles. The van der Waals surface area contributed by atoms with E-state index in [2.05, 4.69) is 12.7 Å². The Balaban J connectivity index is 2.66. The van der Waals surface area contributed by atoms with Crippen LogP contribution in [-0.4, -0.2) is 11.6 Å². The molecule has 0 aromatic carbocycles. The largest absolute Gasteiger partial charge is 0.459 e. The standard InChI is InChI=1S/C11H16O2/c1-4-10-6-5-7-11(3,8-10)13-9(2)12/h4,6H,1,5,7-8H2,2-3H3. The van der Waals surface area contributed by atoms with Crippen LogP contribution in [0.1, 0.15) is 33.1 Å². The Bertz CT molecular complexity index is 253. The van der Waals surface area contributed by atoms with E-state index in [1.165, 1.54) is 12.5 Å². The molecule has 1 aliphatic carbocycles. The van der Waals surface area contributed by atoms with Crippen molar-refractivity contribution in [2.75, 3.05) is 0 Å². The monoisotopic (exact) mass is 180 g/mol. The lowest BCUT2D eigenvalue weighted by Gasteiger charge is -2.32. The van der Waals surface area contributed by atoms with Crippen LogP contribution in [0, 0.1) is 0 Å². The predicted octanol–water partition coefficient (Wildman–Crippen LogP) is 2.60. The van der Waals surface area contributed by atoms with Gasteiger partial charge < -0.3 is 4.74 Å². The summed E-state index contributed by atoms with van der Waals surface area (Å²) >= 11 is 0. The van der Waals surface area contributed by atoms with E-state index >= 15 is 0 Å². The van der Waals surface area contributed by atoms with Crippen LogP contribution in [0.15, 0.2) is 24.3 Å². The van der Waals surface area contributed by atoms with Crippen LogP contribution in [-0.2, 0) is 9.53 Å². The van der Waals surface area contributed by atoms with Gasteiger partial charge in [-0.05, 0) is 25.3 Å². The zero-order valence-corrected chi connectivity index (χ0v) is 8.30. The Morgan fingerprint density at radius 2 is 2.46 bits per heavy atom. The lowest BCUT2D eigenvalue weighted by atomic mass is 9.86. The number of rotatable bonds is 2. The Morgan fingerprint density at radius 1 is 1.77 bits per heavy atom. The maximum atomic E-state index is 10.8. The maximum absolute atomic E-state index is 10.8. The molecule has 13 heavy (non-hydrogen) atoms. The van der Waals surface area contributed by atoms with E-state index in [9.17, 15) is 4.79 Å². The SMILES string of the molecule is C=CC1=CCCC(C)(OC(C)=O)C1. The molecule has 0 saturated carbocycles. The third-order valence-corrected chi connectivity index (χ3v) is 2.31. The molecule has 2 nitrogen and oxygen atoms in total. The highest BCUT2D eigenvalue weighted by molar-refractivity contribution is 5.66. The van der Waals surface area contributed by atoms with Gasteiger partial charge in [-0.25, -0.2) is 0 Å². The fourth-order valence-corrected chi connectivity index (χ4v) is 1.74. The molecule has 0 bridgehead atoms. The number of ether oxygens (including phenoxy) is 1.